The number of ether oxygens (including phenoxy) is 2. The molecule has 0 aromatic rings. The summed E-state index contributed by atoms with van der Waals surface area (Å²) in [5.41, 5.74) is 0. The maximum absolute atomic E-state index is 11.2. The Hall–Kier alpha value is -2.12. The third-order valence-corrected chi connectivity index (χ3v) is 4.18. The summed E-state index contributed by atoms with van der Waals surface area (Å²) < 4.78 is 9.55. The first-order chi connectivity index (χ1) is 10.5. The number of carbonyl (C=O) groups excluding carboxylic acids is 2. The van der Waals surface area contributed by atoms with Gasteiger partial charge in [0.05, 0.1) is 12.3 Å². The van der Waals surface area contributed by atoms with E-state index in [1.807, 2.05) is 0 Å². The van der Waals surface area contributed by atoms with Gasteiger partial charge in [-0.1, -0.05) is 0 Å². The van der Waals surface area contributed by atoms with Crippen molar-refractivity contribution < 1.29 is 38.9 Å². The van der Waals surface area contributed by atoms with Gasteiger partial charge < -0.3 is 19.7 Å². The molecular formula is C14H20O8. The Balaban J connectivity index is 2.58. The summed E-state index contributed by atoms with van der Waals surface area (Å²) in [4.78, 5) is 42.7. The molecule has 0 amide bonds. The molecule has 22 heavy (non-hydrogen) atoms. The third kappa shape index (κ3) is 5.34. The summed E-state index contributed by atoms with van der Waals surface area (Å²) in [5, 5.41) is 18.0. The Morgan fingerprint density at radius 2 is 1.64 bits per heavy atom. The smallest absolute Gasteiger partial charge is 0.307 e. The molecule has 0 aliphatic heterocycles. The second-order valence-corrected chi connectivity index (χ2v) is 5.42. The van der Waals surface area contributed by atoms with E-state index in [9.17, 15) is 19.2 Å². The van der Waals surface area contributed by atoms with E-state index in [4.69, 9.17) is 14.9 Å². The van der Waals surface area contributed by atoms with E-state index < -0.39 is 30.4 Å². The molecule has 2 atom stereocenters. The van der Waals surface area contributed by atoms with E-state index >= 15 is 0 Å². The average Bonchev–Trinajstić information content (AvgIpc) is 2.49. The standard InChI is InChI=1S/C14H20O8/c15-7-21-6-12(22-8-16)10-3-1-9(2-4-10)11(14(19)20)5-13(17)18/h7-12H,1-6H2,(H,17,18)(H,19,20). The monoisotopic (exact) mass is 316 g/mol. The van der Waals surface area contributed by atoms with Crippen LogP contribution in [0.25, 0.3) is 0 Å². The lowest BCUT2D eigenvalue weighted by Crippen LogP contribution is -2.35. The van der Waals surface area contributed by atoms with Gasteiger partial charge in [-0.05, 0) is 37.5 Å². The van der Waals surface area contributed by atoms with Crippen LogP contribution in [-0.4, -0.2) is 47.8 Å². The van der Waals surface area contributed by atoms with Crippen molar-refractivity contribution in [2.45, 2.75) is 38.2 Å². The maximum atomic E-state index is 11.2. The van der Waals surface area contributed by atoms with E-state index in [0.717, 1.165) is 0 Å². The van der Waals surface area contributed by atoms with Gasteiger partial charge in [0.15, 0.2) is 0 Å². The number of carbonyl (C=O) groups is 4. The first-order valence-corrected chi connectivity index (χ1v) is 7.08. The second-order valence-electron chi connectivity index (χ2n) is 5.42. The summed E-state index contributed by atoms with van der Waals surface area (Å²) in [6.45, 7) is 0.546. The molecule has 0 aromatic carbocycles. The number of rotatable bonds is 10. The zero-order valence-corrected chi connectivity index (χ0v) is 12.1. The highest BCUT2D eigenvalue weighted by Gasteiger charge is 2.36. The normalized spacial score (nSPS) is 23.8. The summed E-state index contributed by atoms with van der Waals surface area (Å²) >= 11 is 0. The van der Waals surface area contributed by atoms with Crippen molar-refractivity contribution in [2.75, 3.05) is 6.61 Å². The van der Waals surface area contributed by atoms with Crippen molar-refractivity contribution in [2.24, 2.45) is 17.8 Å². The molecular weight excluding hydrogens is 296 g/mol. The van der Waals surface area contributed by atoms with E-state index in [-0.39, 0.29) is 24.9 Å². The second kappa shape index (κ2) is 9.01. The SMILES string of the molecule is O=COCC(OC=O)C1CCC(C(CC(=O)O)C(=O)O)CC1. The van der Waals surface area contributed by atoms with Crippen molar-refractivity contribution in [3.05, 3.63) is 0 Å². The predicted molar refractivity (Wildman–Crippen MR) is 71.8 cm³/mol. The molecule has 1 aliphatic carbocycles. The number of carboxylic acid groups (broad SMARTS) is 2. The van der Waals surface area contributed by atoms with Crippen LogP contribution in [0.15, 0.2) is 0 Å². The lowest BCUT2D eigenvalue weighted by Gasteiger charge is -2.34. The predicted octanol–water partition coefficient (Wildman–Crippen LogP) is 0.683. The molecule has 0 spiro atoms. The van der Waals surface area contributed by atoms with Crippen molar-refractivity contribution in [1.29, 1.82) is 0 Å². The first-order valence-electron chi connectivity index (χ1n) is 7.08. The van der Waals surface area contributed by atoms with Crippen LogP contribution in [0.4, 0.5) is 0 Å². The lowest BCUT2D eigenvalue weighted by molar-refractivity contribution is -0.152. The van der Waals surface area contributed by atoms with E-state index in [2.05, 4.69) is 4.74 Å². The highest BCUT2D eigenvalue weighted by atomic mass is 16.6. The van der Waals surface area contributed by atoms with Gasteiger partial charge in [-0.15, -0.1) is 0 Å². The molecule has 8 heteroatoms. The van der Waals surface area contributed by atoms with Crippen molar-refractivity contribution in [3.8, 4) is 0 Å². The summed E-state index contributed by atoms with van der Waals surface area (Å²) in [5.74, 6) is -3.38. The summed E-state index contributed by atoms with van der Waals surface area (Å²) in [6.07, 6.45) is 1.31. The molecule has 1 fully saturated rings. The Kier molecular flexibility index (Phi) is 7.34. The number of carboxylic acids is 2. The van der Waals surface area contributed by atoms with Gasteiger partial charge in [-0.25, -0.2) is 0 Å². The Labute approximate surface area is 127 Å². The van der Waals surface area contributed by atoms with Crippen LogP contribution in [0.5, 0.6) is 0 Å². The quantitative estimate of drug-likeness (QED) is 0.563. The Bertz CT molecular complexity index is 400. The largest absolute Gasteiger partial charge is 0.481 e. The highest BCUT2D eigenvalue weighted by Crippen LogP contribution is 2.37. The Morgan fingerprint density at radius 1 is 1.05 bits per heavy atom. The molecule has 0 heterocycles. The van der Waals surface area contributed by atoms with E-state index in [0.29, 0.717) is 32.2 Å². The highest BCUT2D eigenvalue weighted by molar-refractivity contribution is 5.78. The van der Waals surface area contributed by atoms with Gasteiger partial charge >= 0.3 is 11.9 Å². The number of hydrogen-bond acceptors (Lipinski definition) is 6. The van der Waals surface area contributed by atoms with Crippen LogP contribution >= 0.6 is 0 Å². The topological polar surface area (TPSA) is 127 Å². The van der Waals surface area contributed by atoms with Crippen LogP contribution in [-0.2, 0) is 28.7 Å². The van der Waals surface area contributed by atoms with Gasteiger partial charge in [-0.2, -0.15) is 0 Å². The molecule has 0 aromatic heterocycles. The molecule has 2 unspecified atom stereocenters. The summed E-state index contributed by atoms with van der Waals surface area (Å²) in [7, 11) is 0. The minimum Gasteiger partial charge on any atom is -0.481 e. The fourth-order valence-electron chi connectivity index (χ4n) is 3.05. The van der Waals surface area contributed by atoms with Crippen LogP contribution < -0.4 is 0 Å². The van der Waals surface area contributed by atoms with Crippen LogP contribution in [0, 0.1) is 17.8 Å². The van der Waals surface area contributed by atoms with Gasteiger partial charge in [0.1, 0.15) is 12.7 Å². The van der Waals surface area contributed by atoms with Crippen LogP contribution in [0.2, 0.25) is 0 Å². The zero-order chi connectivity index (χ0) is 16.5. The summed E-state index contributed by atoms with van der Waals surface area (Å²) in [6, 6.07) is 0. The van der Waals surface area contributed by atoms with Crippen LogP contribution in [0.1, 0.15) is 32.1 Å². The first kappa shape index (κ1) is 17.9. The van der Waals surface area contributed by atoms with Crippen molar-refractivity contribution in [3.63, 3.8) is 0 Å². The number of hydrogen-bond donors (Lipinski definition) is 2. The van der Waals surface area contributed by atoms with Gasteiger partial charge in [0, 0.05) is 0 Å². The molecule has 0 bridgehead atoms. The third-order valence-electron chi connectivity index (χ3n) is 4.18. The van der Waals surface area contributed by atoms with Gasteiger partial charge in [-0.3, -0.25) is 19.2 Å². The van der Waals surface area contributed by atoms with E-state index in [1.54, 1.807) is 0 Å². The van der Waals surface area contributed by atoms with Crippen LogP contribution in [0.3, 0.4) is 0 Å². The Morgan fingerprint density at radius 3 is 2.09 bits per heavy atom. The molecule has 124 valence electrons. The number of aliphatic carboxylic acids is 2. The minimum absolute atomic E-state index is 0.0272. The van der Waals surface area contributed by atoms with Gasteiger partial charge in [0.2, 0.25) is 0 Å². The fraction of sp³-hybridized carbons (Fsp3) is 0.714. The fourth-order valence-corrected chi connectivity index (χ4v) is 3.05. The molecule has 2 N–H and O–H groups in total. The van der Waals surface area contributed by atoms with Gasteiger partial charge in [0.25, 0.3) is 12.9 Å². The molecule has 1 rings (SSSR count). The molecule has 1 saturated carbocycles. The van der Waals surface area contributed by atoms with E-state index in [1.165, 1.54) is 0 Å². The average molecular weight is 316 g/mol. The molecule has 0 saturated heterocycles. The van der Waals surface area contributed by atoms with Crippen molar-refractivity contribution in [1.82, 2.24) is 0 Å². The maximum Gasteiger partial charge on any atom is 0.307 e. The molecule has 8 nitrogen and oxygen atoms in total. The zero-order valence-electron chi connectivity index (χ0n) is 12.1. The van der Waals surface area contributed by atoms with Crippen molar-refractivity contribution >= 4 is 24.9 Å². The lowest BCUT2D eigenvalue weighted by atomic mass is 9.73. The molecule has 1 aliphatic rings. The molecule has 0 radical (unpaired) electrons. The minimum atomic E-state index is -1.13.